The summed E-state index contributed by atoms with van der Waals surface area (Å²) in [5, 5.41) is 12.3. The van der Waals surface area contributed by atoms with Crippen LogP contribution in [-0.4, -0.2) is 54.4 Å². The van der Waals surface area contributed by atoms with Gasteiger partial charge in [0.15, 0.2) is 9.84 Å². The summed E-state index contributed by atoms with van der Waals surface area (Å²) < 4.78 is 58.1. The van der Waals surface area contributed by atoms with Crippen LogP contribution in [0.15, 0.2) is 47.4 Å². The van der Waals surface area contributed by atoms with Gasteiger partial charge >= 0.3 is 0 Å². The minimum absolute atomic E-state index is 0.112. The van der Waals surface area contributed by atoms with Crippen LogP contribution in [0.4, 0.5) is 11.4 Å². The zero-order valence-electron chi connectivity index (χ0n) is 23.9. The molecule has 0 aromatic heterocycles. The summed E-state index contributed by atoms with van der Waals surface area (Å²) in [4.78, 5) is 2.15. The highest BCUT2D eigenvalue weighted by Gasteiger charge is 2.49. The van der Waals surface area contributed by atoms with E-state index < -0.39 is 37.5 Å². The number of benzene rings is 2. The Morgan fingerprint density at radius 2 is 1.67 bits per heavy atom. The van der Waals surface area contributed by atoms with Gasteiger partial charge in [0.25, 0.3) is 10.2 Å². The summed E-state index contributed by atoms with van der Waals surface area (Å²) in [6.07, 6.45) is 4.29. The molecule has 39 heavy (non-hydrogen) atoms. The Morgan fingerprint density at radius 3 is 2.26 bits per heavy atom. The lowest BCUT2D eigenvalue weighted by Gasteiger charge is -2.40. The maximum atomic E-state index is 14.0. The highest BCUT2D eigenvalue weighted by atomic mass is 32.2. The lowest BCUT2D eigenvalue weighted by atomic mass is 9.68. The van der Waals surface area contributed by atoms with Crippen LogP contribution < -0.4 is 14.3 Å². The van der Waals surface area contributed by atoms with Crippen molar-refractivity contribution >= 4 is 31.4 Å². The van der Waals surface area contributed by atoms with Gasteiger partial charge in [-0.05, 0) is 60.7 Å². The molecule has 1 aliphatic rings. The lowest BCUT2D eigenvalue weighted by Crippen LogP contribution is -2.43. The molecule has 3 rings (SSSR count). The molecule has 2 aromatic rings. The van der Waals surface area contributed by atoms with E-state index in [1.165, 1.54) is 0 Å². The predicted octanol–water partition coefficient (Wildman–Crippen LogP) is 5.06. The first-order valence-corrected chi connectivity index (χ1v) is 17.1. The van der Waals surface area contributed by atoms with Crippen molar-refractivity contribution in [1.29, 1.82) is 0 Å². The Kier molecular flexibility index (Phi) is 10.5. The van der Waals surface area contributed by atoms with E-state index in [1.807, 2.05) is 38.1 Å². The largest absolute Gasteiger partial charge is 0.392 e. The van der Waals surface area contributed by atoms with Crippen LogP contribution in [0.25, 0.3) is 0 Å². The van der Waals surface area contributed by atoms with Crippen molar-refractivity contribution in [3.8, 4) is 0 Å². The quantitative estimate of drug-likeness (QED) is 0.306. The first kappa shape index (κ1) is 31.4. The van der Waals surface area contributed by atoms with Gasteiger partial charge in [-0.3, -0.25) is 4.72 Å². The molecule has 3 N–H and O–H groups in total. The van der Waals surface area contributed by atoms with E-state index in [0.29, 0.717) is 42.6 Å². The molecule has 10 heteroatoms. The van der Waals surface area contributed by atoms with Gasteiger partial charge in [0, 0.05) is 37.7 Å². The molecule has 2 aromatic carbocycles. The fraction of sp³-hybridized carbons (Fsp3) is 0.586. The average molecular weight is 580 g/mol. The minimum Gasteiger partial charge on any atom is -0.392 e. The number of nitrogens with zero attached hydrogens (tertiary/aromatic N) is 1. The molecule has 0 amide bonds. The third kappa shape index (κ3) is 7.34. The number of nitrogens with one attached hydrogen (secondary N) is 2. The fourth-order valence-corrected chi connectivity index (χ4v) is 8.79. The van der Waals surface area contributed by atoms with E-state index in [2.05, 4.69) is 23.3 Å². The molecular formula is C29H45N3O5S2. The van der Waals surface area contributed by atoms with E-state index >= 15 is 0 Å². The molecule has 0 unspecified atom stereocenters. The van der Waals surface area contributed by atoms with Crippen molar-refractivity contribution in [1.82, 2.24) is 4.72 Å². The first-order chi connectivity index (χ1) is 18.4. The monoisotopic (exact) mass is 579 g/mol. The van der Waals surface area contributed by atoms with Crippen LogP contribution in [-0.2, 0) is 20.0 Å². The minimum atomic E-state index is -3.77. The van der Waals surface area contributed by atoms with E-state index in [4.69, 9.17) is 0 Å². The van der Waals surface area contributed by atoms with E-state index in [-0.39, 0.29) is 10.6 Å². The van der Waals surface area contributed by atoms with E-state index in [0.717, 1.165) is 31.4 Å². The zero-order chi connectivity index (χ0) is 28.8. The smallest absolute Gasteiger partial charge is 0.299 e. The summed E-state index contributed by atoms with van der Waals surface area (Å²) in [7, 11) is -3.70. The number of rotatable bonds is 13. The Balaban J connectivity index is 2.25. The summed E-state index contributed by atoms with van der Waals surface area (Å²) in [6, 6.07) is 12.3. The predicted molar refractivity (Wildman–Crippen MR) is 159 cm³/mol. The molecule has 1 aliphatic heterocycles. The standard InChI is InChI=1S/C29H45N3O5S2/c1-6-9-16-29(17-10-7-2)21-38(34,35)26-15-14-24(32(4)5)20-25(26)27(28(29)33)22-12-11-13-23(19-22)31-39(36,37)30-18-8-3/h11-15,19-20,27-28,30-31,33H,6-10,16-18,21H2,1-5H3/t27-,28-/m1/s1. The summed E-state index contributed by atoms with van der Waals surface area (Å²) in [5.41, 5.74) is 1.58. The third-order valence-corrected chi connectivity index (χ3v) is 10.8. The number of aliphatic hydroxyl groups excluding tert-OH is 1. The van der Waals surface area contributed by atoms with Crippen LogP contribution in [0.2, 0.25) is 0 Å². The number of fused-ring (bicyclic) bond motifs is 1. The van der Waals surface area contributed by atoms with Crippen LogP contribution in [0, 0.1) is 5.41 Å². The molecule has 0 saturated carbocycles. The average Bonchev–Trinajstić information content (AvgIpc) is 2.95. The fourth-order valence-electron chi connectivity index (χ4n) is 5.61. The molecule has 2 atom stereocenters. The van der Waals surface area contributed by atoms with Gasteiger partial charge in [0.2, 0.25) is 0 Å². The highest BCUT2D eigenvalue weighted by Crippen LogP contribution is 2.50. The number of anilines is 2. The normalized spacial score (nSPS) is 20.2. The van der Waals surface area contributed by atoms with Crippen LogP contribution >= 0.6 is 0 Å². The Morgan fingerprint density at radius 1 is 1.00 bits per heavy atom. The second kappa shape index (κ2) is 13.0. The molecular weight excluding hydrogens is 534 g/mol. The summed E-state index contributed by atoms with van der Waals surface area (Å²) in [6.45, 7) is 6.34. The second-order valence-electron chi connectivity index (χ2n) is 11.0. The zero-order valence-corrected chi connectivity index (χ0v) is 25.5. The lowest BCUT2D eigenvalue weighted by molar-refractivity contribution is 0.0127. The molecule has 8 nitrogen and oxygen atoms in total. The molecule has 0 radical (unpaired) electrons. The number of aliphatic hydroxyl groups is 1. The Bertz CT molecular complexity index is 1320. The number of hydrogen-bond acceptors (Lipinski definition) is 6. The maximum Gasteiger partial charge on any atom is 0.299 e. The molecule has 1 heterocycles. The molecule has 218 valence electrons. The SMILES string of the molecule is CCCCC1(CCCC)CS(=O)(=O)c2ccc(N(C)C)cc2[C@@H](c2cccc(NS(=O)(=O)NCCC)c2)[C@H]1O. The van der Waals surface area contributed by atoms with Crippen molar-refractivity contribution in [3.63, 3.8) is 0 Å². The summed E-state index contributed by atoms with van der Waals surface area (Å²) >= 11 is 0. The second-order valence-corrected chi connectivity index (χ2v) is 14.5. The van der Waals surface area contributed by atoms with Gasteiger partial charge in [0.1, 0.15) is 0 Å². The van der Waals surface area contributed by atoms with Gasteiger partial charge < -0.3 is 10.0 Å². The van der Waals surface area contributed by atoms with E-state index in [1.54, 1.807) is 30.3 Å². The van der Waals surface area contributed by atoms with Gasteiger partial charge in [-0.2, -0.15) is 13.1 Å². The maximum absolute atomic E-state index is 14.0. The van der Waals surface area contributed by atoms with Crippen molar-refractivity contribution in [2.45, 2.75) is 82.6 Å². The number of sulfone groups is 1. The van der Waals surface area contributed by atoms with Crippen molar-refractivity contribution < 1.29 is 21.9 Å². The first-order valence-electron chi connectivity index (χ1n) is 14.0. The van der Waals surface area contributed by atoms with Crippen LogP contribution in [0.1, 0.15) is 82.8 Å². The van der Waals surface area contributed by atoms with Crippen LogP contribution in [0.5, 0.6) is 0 Å². The Labute approximate surface area is 235 Å². The highest BCUT2D eigenvalue weighted by molar-refractivity contribution is 7.91. The molecule has 0 aliphatic carbocycles. The third-order valence-electron chi connectivity index (χ3n) is 7.70. The molecule has 0 spiro atoms. The van der Waals surface area contributed by atoms with E-state index in [9.17, 15) is 21.9 Å². The molecule has 0 fully saturated rings. The molecule has 0 saturated heterocycles. The molecule has 0 bridgehead atoms. The van der Waals surface area contributed by atoms with Crippen molar-refractivity contribution in [2.24, 2.45) is 5.41 Å². The van der Waals surface area contributed by atoms with Crippen molar-refractivity contribution in [2.75, 3.05) is 36.0 Å². The topological polar surface area (TPSA) is 116 Å². The number of unbranched alkanes of at least 4 members (excludes halogenated alkanes) is 2. The van der Waals surface area contributed by atoms with Crippen LogP contribution in [0.3, 0.4) is 0 Å². The van der Waals surface area contributed by atoms with Gasteiger partial charge in [-0.25, -0.2) is 8.42 Å². The number of hydrogen-bond donors (Lipinski definition) is 3. The Hall–Kier alpha value is -2.14. The van der Waals surface area contributed by atoms with Gasteiger partial charge in [-0.1, -0.05) is 58.6 Å². The summed E-state index contributed by atoms with van der Waals surface area (Å²) in [5.74, 6) is -0.766. The van der Waals surface area contributed by atoms with Crippen molar-refractivity contribution in [3.05, 3.63) is 53.6 Å². The van der Waals surface area contributed by atoms with Gasteiger partial charge in [-0.15, -0.1) is 0 Å². The van der Waals surface area contributed by atoms with Gasteiger partial charge in [0.05, 0.1) is 22.4 Å².